The molecule has 0 unspecified atom stereocenters. The first kappa shape index (κ1) is 38.0. The molecule has 2 rings (SSSR count). The molecule has 0 aliphatic carbocycles. The Labute approximate surface area is 272 Å². The van der Waals surface area contributed by atoms with Gasteiger partial charge in [-0.3, -0.25) is 0 Å². The molecule has 0 aromatic rings. The van der Waals surface area contributed by atoms with Crippen LogP contribution in [-0.2, 0) is 38.2 Å². The van der Waals surface area contributed by atoms with E-state index in [9.17, 15) is 28.8 Å². The molecule has 2 aliphatic heterocycles. The van der Waals surface area contributed by atoms with Crippen LogP contribution >= 0.6 is 0 Å². The van der Waals surface area contributed by atoms with Crippen molar-refractivity contribution in [3.63, 3.8) is 0 Å². The monoisotopic (exact) mass is 754 g/mol. The molecule has 44 heavy (non-hydrogen) atoms. The van der Waals surface area contributed by atoms with Crippen molar-refractivity contribution < 1.29 is 38.2 Å². The number of nitrogens with zero attached hydrogens (tertiary/aromatic N) is 2. The Morgan fingerprint density at radius 2 is 1.00 bits per heavy atom. The summed E-state index contributed by atoms with van der Waals surface area (Å²) in [4.78, 5) is 80.2. The van der Waals surface area contributed by atoms with Crippen molar-refractivity contribution >= 4 is 61.8 Å². The van der Waals surface area contributed by atoms with E-state index < -0.39 is 36.1 Å². The Kier molecular flexibility index (Phi) is 15.7. The van der Waals surface area contributed by atoms with Crippen LogP contribution in [0.1, 0.15) is 67.2 Å². The molecule has 12 nitrogen and oxygen atoms in total. The predicted octanol–water partition coefficient (Wildman–Crippen LogP) is 1.03. The van der Waals surface area contributed by atoms with Gasteiger partial charge in [0.1, 0.15) is 0 Å². The van der Waals surface area contributed by atoms with Crippen LogP contribution < -0.4 is 10.6 Å². The minimum atomic E-state index is -0.764. The third kappa shape index (κ3) is 10.2. The number of esters is 2. The minimum absolute atomic E-state index is 0.0545. The van der Waals surface area contributed by atoms with Gasteiger partial charge in [0.05, 0.1) is 0 Å². The van der Waals surface area contributed by atoms with Gasteiger partial charge in [0.2, 0.25) is 0 Å². The summed E-state index contributed by atoms with van der Waals surface area (Å²) in [7, 11) is 2.58. The molecule has 2 fully saturated rings. The fourth-order valence-corrected chi connectivity index (χ4v) is 13.8. The number of carbonyl (C=O) groups is 6. The fraction of sp³-hybridized carbons (Fsp3) is 0.800. The third-order valence-electron chi connectivity index (χ3n) is 8.08. The van der Waals surface area contributed by atoms with E-state index in [0.717, 1.165) is 12.8 Å². The number of nitrogens with one attached hydrogen (secondary N) is 2. The van der Waals surface area contributed by atoms with Gasteiger partial charge in [-0.2, -0.15) is 0 Å². The molecule has 2 saturated heterocycles. The average Bonchev–Trinajstić information content (AvgIpc) is 3.69. The molecular formula is C30H50N4O8Se2. The number of hydrogen-bond acceptors (Lipinski definition) is 8. The summed E-state index contributed by atoms with van der Waals surface area (Å²) >= 11 is 0.350. The summed E-state index contributed by atoms with van der Waals surface area (Å²) in [6, 6.07) is -2.72. The van der Waals surface area contributed by atoms with Gasteiger partial charge < -0.3 is 0 Å². The SMILES string of the molecule is COC(=O)[C@@H](NC(=O)[C@@H]1CCCN1C(=O)[C@H](C)C[Se][Se]C[C@@H](C)C(=O)N1CCC[C@H]1C(=O)N[C@H](C(=O)OC)C(C)C)C(C)C. The van der Waals surface area contributed by atoms with Gasteiger partial charge in [-0.25, -0.2) is 0 Å². The number of amides is 4. The summed E-state index contributed by atoms with van der Waals surface area (Å²) in [6.45, 7) is 12.1. The van der Waals surface area contributed by atoms with Crippen LogP contribution in [-0.4, -0.2) is 123 Å². The zero-order chi connectivity index (χ0) is 33.1. The number of methoxy groups -OCH3 is 2. The summed E-state index contributed by atoms with van der Waals surface area (Å²) in [5.41, 5.74) is 0. The Balaban J connectivity index is 1.85. The van der Waals surface area contributed by atoms with Crippen molar-refractivity contribution in [1.82, 2.24) is 20.4 Å². The first-order chi connectivity index (χ1) is 20.7. The van der Waals surface area contributed by atoms with E-state index in [1.165, 1.54) is 14.2 Å². The van der Waals surface area contributed by atoms with E-state index in [-0.39, 0.29) is 73.6 Å². The Morgan fingerprint density at radius 3 is 1.30 bits per heavy atom. The first-order valence-corrected chi connectivity index (χ1v) is 22.1. The van der Waals surface area contributed by atoms with E-state index in [4.69, 9.17) is 9.47 Å². The molecule has 14 heteroatoms. The van der Waals surface area contributed by atoms with E-state index >= 15 is 0 Å². The molecule has 6 atom stereocenters. The number of carbonyl (C=O) groups excluding carboxylic acids is 6. The Morgan fingerprint density at radius 1 is 0.659 bits per heavy atom. The summed E-state index contributed by atoms with van der Waals surface area (Å²) in [5.74, 6) is -2.54. The molecule has 0 bridgehead atoms. The van der Waals surface area contributed by atoms with E-state index in [0.29, 0.717) is 36.6 Å². The normalized spacial score (nSPS) is 21.0. The standard InChI is InChI=1S/C30H50N4O8Se2/c1-17(2)23(29(39)41-7)31-25(35)21-11-9-13-33(21)27(37)19(5)15-43-44-16-20(6)28(38)34-14-10-12-22(34)26(36)32-24(18(3)4)30(40)42-8/h17-24H,9-16H2,1-8H3,(H,31,35)(H,32,36)/t19-,20-,21+,22+,23+,24+/m1/s1. The van der Waals surface area contributed by atoms with Crippen molar-refractivity contribution in [2.45, 2.75) is 102 Å². The second-order valence-corrected chi connectivity index (χ2v) is 19.8. The molecule has 0 radical (unpaired) electrons. The van der Waals surface area contributed by atoms with Gasteiger partial charge in [-0.05, 0) is 0 Å². The van der Waals surface area contributed by atoms with E-state index in [1.807, 2.05) is 41.5 Å². The van der Waals surface area contributed by atoms with Crippen molar-refractivity contribution in [3.05, 3.63) is 0 Å². The van der Waals surface area contributed by atoms with Crippen LogP contribution in [0, 0.1) is 23.7 Å². The molecule has 0 aromatic heterocycles. The van der Waals surface area contributed by atoms with Gasteiger partial charge in [0.25, 0.3) is 0 Å². The molecule has 2 aliphatic rings. The van der Waals surface area contributed by atoms with Crippen molar-refractivity contribution in [3.8, 4) is 0 Å². The maximum atomic E-state index is 13.3. The third-order valence-corrected chi connectivity index (χ3v) is 15.9. The quantitative estimate of drug-likeness (QED) is 0.143. The molecule has 4 amide bonds. The van der Waals surface area contributed by atoms with Crippen molar-refractivity contribution in [2.75, 3.05) is 27.3 Å². The van der Waals surface area contributed by atoms with Crippen molar-refractivity contribution in [1.29, 1.82) is 0 Å². The predicted molar refractivity (Wildman–Crippen MR) is 166 cm³/mol. The van der Waals surface area contributed by atoms with E-state index in [1.54, 1.807) is 9.80 Å². The van der Waals surface area contributed by atoms with Crippen LogP contribution in [0.5, 0.6) is 0 Å². The average molecular weight is 753 g/mol. The molecule has 0 aromatic carbocycles. The number of hydrogen-bond donors (Lipinski definition) is 2. The van der Waals surface area contributed by atoms with E-state index in [2.05, 4.69) is 10.6 Å². The summed E-state index contributed by atoms with van der Waals surface area (Å²) in [5, 5.41) is 6.99. The molecule has 250 valence electrons. The Bertz CT molecular complexity index is 963. The zero-order valence-corrected chi connectivity index (χ0v) is 30.7. The van der Waals surface area contributed by atoms with Gasteiger partial charge in [0, 0.05) is 0 Å². The van der Waals surface area contributed by atoms with Crippen LogP contribution in [0.3, 0.4) is 0 Å². The van der Waals surface area contributed by atoms with Gasteiger partial charge >= 0.3 is 274 Å². The Hall–Kier alpha value is -2.14. The fourth-order valence-electron chi connectivity index (χ4n) is 5.36. The number of rotatable bonds is 15. The summed E-state index contributed by atoms with van der Waals surface area (Å²) in [6.07, 6.45) is 2.57. The van der Waals surface area contributed by atoms with Gasteiger partial charge in [0.15, 0.2) is 0 Å². The van der Waals surface area contributed by atoms with Crippen molar-refractivity contribution in [2.24, 2.45) is 23.7 Å². The molecule has 0 saturated carbocycles. The number of ether oxygens (including phenoxy) is 2. The maximum absolute atomic E-state index is 13.3. The summed E-state index contributed by atoms with van der Waals surface area (Å²) < 4.78 is 9.65. The van der Waals surface area contributed by atoms with Crippen LogP contribution in [0.2, 0.25) is 10.6 Å². The van der Waals surface area contributed by atoms with Crippen LogP contribution in [0.15, 0.2) is 0 Å². The van der Waals surface area contributed by atoms with Gasteiger partial charge in [-0.1, -0.05) is 0 Å². The molecule has 2 heterocycles. The van der Waals surface area contributed by atoms with Crippen LogP contribution in [0.4, 0.5) is 0 Å². The zero-order valence-electron chi connectivity index (χ0n) is 27.3. The number of likely N-dealkylation sites (tertiary alicyclic amines) is 2. The molecule has 0 spiro atoms. The molecule has 2 N–H and O–H groups in total. The van der Waals surface area contributed by atoms with Crippen LogP contribution in [0.25, 0.3) is 0 Å². The molecular weight excluding hydrogens is 702 g/mol. The topological polar surface area (TPSA) is 151 Å². The second-order valence-electron chi connectivity index (χ2n) is 12.3. The first-order valence-electron chi connectivity index (χ1n) is 15.4. The van der Waals surface area contributed by atoms with Gasteiger partial charge in [-0.15, -0.1) is 0 Å². The second kappa shape index (κ2) is 18.1.